The number of rotatable bonds is 11. The summed E-state index contributed by atoms with van der Waals surface area (Å²) in [5.41, 5.74) is 2.60. The molecule has 0 heterocycles. The average Bonchev–Trinajstić information content (AvgIpc) is 2.68. The van der Waals surface area contributed by atoms with Gasteiger partial charge in [0.25, 0.3) is 0 Å². The quantitative estimate of drug-likeness (QED) is 0.333. The minimum absolute atomic E-state index is 0.342. The van der Waals surface area contributed by atoms with Crippen LogP contribution in [-0.4, -0.2) is 10.2 Å². The molecule has 2 N–H and O–H groups in total. The third-order valence-corrected chi connectivity index (χ3v) is 4.37. The summed E-state index contributed by atoms with van der Waals surface area (Å²) in [6.07, 6.45) is 14.4. The molecule has 2 nitrogen and oxygen atoms in total. The summed E-state index contributed by atoms with van der Waals surface area (Å²) in [7, 11) is 0. The largest absolute Gasteiger partial charge is 0.508 e. The van der Waals surface area contributed by atoms with Crippen molar-refractivity contribution < 1.29 is 10.2 Å². The average molecular weight is 367 g/mol. The second-order valence-corrected chi connectivity index (χ2v) is 6.76. The number of phenols is 2. The van der Waals surface area contributed by atoms with Crippen molar-refractivity contribution in [2.45, 2.75) is 57.8 Å². The van der Waals surface area contributed by atoms with Crippen LogP contribution in [0.1, 0.15) is 56.1 Å². The topological polar surface area (TPSA) is 40.5 Å². The molecule has 2 aromatic carbocycles. The van der Waals surface area contributed by atoms with Crippen LogP contribution >= 0.6 is 0 Å². The summed E-state index contributed by atoms with van der Waals surface area (Å²) < 4.78 is 0. The van der Waals surface area contributed by atoms with E-state index in [0.717, 1.165) is 25.7 Å². The molecule has 2 heteroatoms. The van der Waals surface area contributed by atoms with Crippen molar-refractivity contribution in [3.63, 3.8) is 0 Å². The van der Waals surface area contributed by atoms with Gasteiger partial charge in [-0.25, -0.2) is 0 Å². The van der Waals surface area contributed by atoms with Crippen LogP contribution in [0, 0.1) is 0 Å². The van der Waals surface area contributed by atoms with Gasteiger partial charge >= 0.3 is 0 Å². The van der Waals surface area contributed by atoms with Crippen LogP contribution < -0.4 is 0 Å². The van der Waals surface area contributed by atoms with Crippen molar-refractivity contribution in [3.05, 3.63) is 85.0 Å². The predicted molar refractivity (Wildman–Crippen MR) is 116 cm³/mol. The van der Waals surface area contributed by atoms with E-state index in [4.69, 9.17) is 10.2 Å². The zero-order chi connectivity index (χ0) is 19.7. The van der Waals surface area contributed by atoms with Gasteiger partial charge in [0.15, 0.2) is 0 Å². The summed E-state index contributed by atoms with van der Waals surface area (Å²) in [5, 5.41) is 18.1. The minimum atomic E-state index is 0.342. The summed E-state index contributed by atoms with van der Waals surface area (Å²) in [6.45, 7) is 7.38. The van der Waals surface area contributed by atoms with Crippen molar-refractivity contribution in [2.75, 3.05) is 0 Å². The van der Waals surface area contributed by atoms with E-state index in [1.165, 1.54) is 43.2 Å². The van der Waals surface area contributed by atoms with Crippen LogP contribution in [0.15, 0.2) is 73.8 Å². The first-order chi connectivity index (χ1) is 13.2. The molecule has 0 amide bonds. The molecule has 0 aliphatic carbocycles. The number of benzene rings is 2. The van der Waals surface area contributed by atoms with Gasteiger partial charge in [-0.2, -0.15) is 0 Å². The van der Waals surface area contributed by atoms with Crippen molar-refractivity contribution in [1.29, 1.82) is 0 Å². The van der Waals surface area contributed by atoms with E-state index >= 15 is 0 Å². The molecule has 2 aromatic rings. The molecule has 0 aromatic heterocycles. The second-order valence-electron chi connectivity index (χ2n) is 6.76. The van der Waals surface area contributed by atoms with Crippen LogP contribution in [0.4, 0.5) is 0 Å². The molecule has 0 saturated carbocycles. The highest BCUT2D eigenvalue weighted by atomic mass is 16.3. The highest BCUT2D eigenvalue weighted by molar-refractivity contribution is 5.26. The number of aryl methyl sites for hydroxylation is 2. The lowest BCUT2D eigenvalue weighted by atomic mass is 10.1. The molecule has 0 fully saturated rings. The smallest absolute Gasteiger partial charge is 0.115 e. The molecule has 0 saturated heterocycles. The summed E-state index contributed by atoms with van der Waals surface area (Å²) in [4.78, 5) is 0. The molecule has 27 heavy (non-hydrogen) atoms. The zero-order valence-corrected chi connectivity index (χ0v) is 16.4. The Kier molecular flexibility index (Phi) is 12.3. The Balaban J connectivity index is 0.000000271. The number of aromatic hydroxyl groups is 2. The van der Waals surface area contributed by atoms with E-state index in [9.17, 15) is 0 Å². The van der Waals surface area contributed by atoms with Gasteiger partial charge in [0.05, 0.1) is 0 Å². The lowest BCUT2D eigenvalue weighted by Gasteiger charge is -2.00. The van der Waals surface area contributed by atoms with Gasteiger partial charge in [0, 0.05) is 0 Å². The number of allylic oxidation sites excluding steroid dienone is 2. The lowest BCUT2D eigenvalue weighted by molar-refractivity contribution is 0.474. The maximum atomic E-state index is 9.09. The van der Waals surface area contributed by atoms with Gasteiger partial charge in [0.2, 0.25) is 0 Å². The van der Waals surface area contributed by atoms with Gasteiger partial charge in [-0.05, 0) is 86.8 Å². The number of hydrogen-bond donors (Lipinski definition) is 2. The van der Waals surface area contributed by atoms with Crippen molar-refractivity contribution in [1.82, 2.24) is 0 Å². The van der Waals surface area contributed by atoms with Gasteiger partial charge in [-0.15, -0.1) is 13.2 Å². The van der Waals surface area contributed by atoms with Gasteiger partial charge in [0.1, 0.15) is 11.5 Å². The molecule has 0 aliphatic rings. The van der Waals surface area contributed by atoms with E-state index < -0.39 is 0 Å². The Bertz CT molecular complexity index is 626. The second kappa shape index (κ2) is 14.7. The Hall–Kier alpha value is -2.48. The van der Waals surface area contributed by atoms with Gasteiger partial charge in [-0.3, -0.25) is 0 Å². The maximum absolute atomic E-state index is 9.09. The van der Waals surface area contributed by atoms with Gasteiger partial charge in [-0.1, -0.05) is 42.8 Å². The summed E-state index contributed by atoms with van der Waals surface area (Å²) in [6, 6.07) is 14.9. The molecule has 0 aliphatic heterocycles. The van der Waals surface area contributed by atoms with Crippen molar-refractivity contribution in [2.24, 2.45) is 0 Å². The fourth-order valence-electron chi connectivity index (χ4n) is 2.74. The Labute approximate surface area is 164 Å². The van der Waals surface area contributed by atoms with Crippen LogP contribution in [0.5, 0.6) is 11.5 Å². The molecule has 0 unspecified atom stereocenters. The molecular weight excluding hydrogens is 332 g/mol. The summed E-state index contributed by atoms with van der Waals surface area (Å²) >= 11 is 0. The number of unbranched alkanes of at least 4 members (excludes halogenated alkanes) is 5. The number of hydrogen-bond acceptors (Lipinski definition) is 2. The van der Waals surface area contributed by atoms with E-state index in [0.29, 0.717) is 11.5 Å². The van der Waals surface area contributed by atoms with Crippen molar-refractivity contribution >= 4 is 0 Å². The molecule has 0 bridgehead atoms. The fourth-order valence-corrected chi connectivity index (χ4v) is 2.74. The maximum Gasteiger partial charge on any atom is 0.115 e. The first-order valence-corrected chi connectivity index (χ1v) is 9.93. The first kappa shape index (κ1) is 22.6. The molecule has 2 rings (SSSR count). The van der Waals surface area contributed by atoms with E-state index in [-0.39, 0.29) is 0 Å². The number of phenolic OH excluding ortho intramolecular Hbond substituents is 2. The zero-order valence-electron chi connectivity index (χ0n) is 16.4. The lowest BCUT2D eigenvalue weighted by Crippen LogP contribution is -1.84. The van der Waals surface area contributed by atoms with Crippen LogP contribution in [0.2, 0.25) is 0 Å². The fraction of sp³-hybridized carbons (Fsp3) is 0.360. The van der Waals surface area contributed by atoms with E-state index in [2.05, 4.69) is 13.2 Å². The van der Waals surface area contributed by atoms with Gasteiger partial charge < -0.3 is 10.2 Å². The third-order valence-electron chi connectivity index (χ3n) is 4.37. The molecule has 0 atom stereocenters. The highest BCUT2D eigenvalue weighted by Gasteiger charge is 1.94. The SMILES string of the molecule is C=CCCCCCc1ccc(O)cc1.C=CCCCCc1ccc(O)cc1. The normalized spacial score (nSPS) is 9.93. The Morgan fingerprint density at radius 2 is 0.926 bits per heavy atom. The standard InChI is InChI=1S/C13H18O.C12H16O/c1-2-3-4-5-6-7-12-8-10-13(14)11-9-12;1-2-3-4-5-6-11-7-9-12(13)10-8-11/h2,8-11,14H,1,3-7H2;2,7-10,13H,1,3-6H2. The molecule has 146 valence electrons. The van der Waals surface area contributed by atoms with Crippen LogP contribution in [0.25, 0.3) is 0 Å². The Morgan fingerprint density at radius 3 is 1.33 bits per heavy atom. The van der Waals surface area contributed by atoms with E-state index in [1.807, 2.05) is 36.4 Å². The molecule has 0 radical (unpaired) electrons. The first-order valence-electron chi connectivity index (χ1n) is 9.93. The van der Waals surface area contributed by atoms with E-state index in [1.54, 1.807) is 24.3 Å². The predicted octanol–water partition coefficient (Wildman–Crippen LogP) is 6.97. The molecule has 0 spiro atoms. The summed E-state index contributed by atoms with van der Waals surface area (Å²) in [5.74, 6) is 0.690. The Morgan fingerprint density at radius 1 is 0.556 bits per heavy atom. The highest BCUT2D eigenvalue weighted by Crippen LogP contribution is 2.13. The van der Waals surface area contributed by atoms with Crippen LogP contribution in [-0.2, 0) is 12.8 Å². The van der Waals surface area contributed by atoms with Crippen molar-refractivity contribution in [3.8, 4) is 11.5 Å². The third kappa shape index (κ3) is 11.7. The minimum Gasteiger partial charge on any atom is -0.508 e. The van der Waals surface area contributed by atoms with Crippen LogP contribution in [0.3, 0.4) is 0 Å². The molecular formula is C25H34O2. The monoisotopic (exact) mass is 366 g/mol.